The van der Waals surface area contributed by atoms with Gasteiger partial charge >= 0.3 is 0 Å². The van der Waals surface area contributed by atoms with Crippen molar-refractivity contribution in [2.24, 2.45) is 23.2 Å². The molecule has 0 heterocycles. The predicted molar refractivity (Wildman–Crippen MR) is 41.6 cm³/mol. The molecule has 0 amide bonds. The Balaban J connectivity index is 2.06. The molecule has 3 aliphatic rings. The largest absolute Gasteiger partial charge is 0.0851 e. The first-order valence-electron chi connectivity index (χ1n) is 4.46. The molecular weight excluding hydrogens is 120 g/mol. The van der Waals surface area contributed by atoms with E-state index in [2.05, 4.69) is 19.1 Å². The van der Waals surface area contributed by atoms with Gasteiger partial charge in [-0.15, -0.1) is 0 Å². The van der Waals surface area contributed by atoms with E-state index in [0.717, 1.165) is 23.2 Å². The Hall–Kier alpha value is -0.260. The van der Waals surface area contributed by atoms with Crippen LogP contribution < -0.4 is 0 Å². The Labute approximate surface area is 62.3 Å². The van der Waals surface area contributed by atoms with Gasteiger partial charge in [-0.05, 0) is 42.4 Å². The summed E-state index contributed by atoms with van der Waals surface area (Å²) in [5, 5.41) is 0. The molecule has 54 valence electrons. The maximum absolute atomic E-state index is 2.49. The van der Waals surface area contributed by atoms with Crippen LogP contribution in [0.25, 0.3) is 0 Å². The standard InChI is InChI=1S/C10H14/c1-10-5-7-2-3-8(6-10)9(10)4-7/h2-3,7-9H,4-6H2,1H3/t7?,8-,9?,10?/m1/s1. The van der Waals surface area contributed by atoms with Crippen molar-refractivity contribution in [1.29, 1.82) is 0 Å². The third kappa shape index (κ3) is 0.426. The van der Waals surface area contributed by atoms with Crippen molar-refractivity contribution >= 4 is 0 Å². The zero-order valence-electron chi connectivity index (χ0n) is 6.51. The summed E-state index contributed by atoms with van der Waals surface area (Å²) < 4.78 is 0. The molecule has 0 N–H and O–H groups in total. The third-order valence-electron chi connectivity index (χ3n) is 4.03. The van der Waals surface area contributed by atoms with Crippen LogP contribution in [0.3, 0.4) is 0 Å². The Morgan fingerprint density at radius 1 is 1.30 bits per heavy atom. The molecule has 0 heteroatoms. The maximum Gasteiger partial charge on any atom is -0.0194 e. The van der Waals surface area contributed by atoms with E-state index in [-0.39, 0.29) is 0 Å². The van der Waals surface area contributed by atoms with Crippen LogP contribution in [-0.4, -0.2) is 0 Å². The normalized spacial score (nSPS) is 62.3. The van der Waals surface area contributed by atoms with E-state index in [4.69, 9.17) is 0 Å². The van der Waals surface area contributed by atoms with Gasteiger partial charge in [-0.2, -0.15) is 0 Å². The lowest BCUT2D eigenvalue weighted by Gasteiger charge is -2.48. The summed E-state index contributed by atoms with van der Waals surface area (Å²) in [6.07, 6.45) is 9.44. The average molecular weight is 134 g/mol. The molecule has 4 atom stereocenters. The first kappa shape index (κ1) is 5.40. The van der Waals surface area contributed by atoms with E-state index < -0.39 is 0 Å². The van der Waals surface area contributed by atoms with Gasteiger partial charge in [-0.25, -0.2) is 0 Å². The van der Waals surface area contributed by atoms with Gasteiger partial charge in [-0.1, -0.05) is 19.1 Å². The van der Waals surface area contributed by atoms with E-state index in [1.807, 2.05) is 0 Å². The molecule has 0 aromatic carbocycles. The Morgan fingerprint density at radius 2 is 2.20 bits per heavy atom. The number of hydrogen-bond acceptors (Lipinski definition) is 0. The van der Waals surface area contributed by atoms with Gasteiger partial charge in [-0.3, -0.25) is 0 Å². The van der Waals surface area contributed by atoms with Gasteiger partial charge in [0, 0.05) is 0 Å². The van der Waals surface area contributed by atoms with Gasteiger partial charge in [0.15, 0.2) is 0 Å². The molecule has 0 spiro atoms. The number of fused-ring (bicyclic) bond motifs is 1. The van der Waals surface area contributed by atoms with Crippen molar-refractivity contribution < 1.29 is 0 Å². The molecular formula is C10H14. The maximum atomic E-state index is 2.49. The van der Waals surface area contributed by atoms with E-state index in [9.17, 15) is 0 Å². The summed E-state index contributed by atoms with van der Waals surface area (Å²) in [6, 6.07) is 0. The molecule has 0 saturated heterocycles. The molecule has 0 radical (unpaired) electrons. The molecule has 2 saturated carbocycles. The van der Waals surface area contributed by atoms with Crippen molar-refractivity contribution in [2.75, 3.05) is 0 Å². The molecule has 2 bridgehead atoms. The topological polar surface area (TPSA) is 0 Å². The molecule has 10 heavy (non-hydrogen) atoms. The van der Waals surface area contributed by atoms with Gasteiger partial charge in [0.05, 0.1) is 0 Å². The molecule has 0 nitrogen and oxygen atoms in total. The predicted octanol–water partition coefficient (Wildman–Crippen LogP) is 2.61. The minimum absolute atomic E-state index is 0.777. The fourth-order valence-electron chi connectivity index (χ4n) is 3.54. The summed E-state index contributed by atoms with van der Waals surface area (Å²) in [5.74, 6) is 3.04. The lowest BCUT2D eigenvalue weighted by atomic mass is 9.56. The highest BCUT2D eigenvalue weighted by Gasteiger charge is 2.56. The van der Waals surface area contributed by atoms with Crippen molar-refractivity contribution in [1.82, 2.24) is 0 Å². The zero-order chi connectivity index (χ0) is 6.77. The van der Waals surface area contributed by atoms with E-state index >= 15 is 0 Å². The summed E-state index contributed by atoms with van der Waals surface area (Å²) in [6.45, 7) is 2.49. The second kappa shape index (κ2) is 1.34. The first-order chi connectivity index (χ1) is 4.78. The van der Waals surface area contributed by atoms with E-state index in [0.29, 0.717) is 0 Å². The van der Waals surface area contributed by atoms with Crippen LogP contribution in [0.1, 0.15) is 26.2 Å². The highest BCUT2D eigenvalue weighted by Crippen LogP contribution is 2.65. The van der Waals surface area contributed by atoms with Crippen LogP contribution >= 0.6 is 0 Å². The molecule has 0 aromatic heterocycles. The quantitative estimate of drug-likeness (QED) is 0.447. The Bertz CT molecular complexity index is 198. The van der Waals surface area contributed by atoms with E-state index in [1.54, 1.807) is 0 Å². The zero-order valence-corrected chi connectivity index (χ0v) is 6.51. The Morgan fingerprint density at radius 3 is 3.00 bits per heavy atom. The summed E-state index contributed by atoms with van der Waals surface area (Å²) in [4.78, 5) is 0. The molecule has 3 rings (SSSR count). The van der Waals surface area contributed by atoms with Gasteiger partial charge in [0.1, 0.15) is 0 Å². The van der Waals surface area contributed by atoms with Gasteiger partial charge in [0.25, 0.3) is 0 Å². The smallest absolute Gasteiger partial charge is 0.0194 e. The SMILES string of the molecule is CC12CC3C=C[C@H](C1)C2C3. The van der Waals surface area contributed by atoms with Gasteiger partial charge < -0.3 is 0 Å². The van der Waals surface area contributed by atoms with Crippen molar-refractivity contribution in [3.05, 3.63) is 12.2 Å². The third-order valence-corrected chi connectivity index (χ3v) is 4.03. The fourth-order valence-corrected chi connectivity index (χ4v) is 3.54. The monoisotopic (exact) mass is 134 g/mol. The van der Waals surface area contributed by atoms with Crippen LogP contribution in [0.15, 0.2) is 12.2 Å². The molecule has 2 fully saturated rings. The van der Waals surface area contributed by atoms with Gasteiger partial charge in [0.2, 0.25) is 0 Å². The minimum atomic E-state index is 0.777. The van der Waals surface area contributed by atoms with Crippen LogP contribution in [0.2, 0.25) is 0 Å². The Kier molecular flexibility index (Phi) is 0.725. The van der Waals surface area contributed by atoms with Crippen molar-refractivity contribution in [3.8, 4) is 0 Å². The summed E-state index contributed by atoms with van der Waals surface area (Å²) in [5.41, 5.74) is 0.777. The second-order valence-corrected chi connectivity index (χ2v) is 4.71. The fraction of sp³-hybridized carbons (Fsp3) is 0.800. The highest BCUT2D eigenvalue weighted by molar-refractivity contribution is 5.18. The van der Waals surface area contributed by atoms with Crippen molar-refractivity contribution in [2.45, 2.75) is 26.2 Å². The number of allylic oxidation sites excluding steroid dienone is 2. The summed E-state index contributed by atoms with van der Waals surface area (Å²) in [7, 11) is 0. The molecule has 3 aliphatic carbocycles. The minimum Gasteiger partial charge on any atom is -0.0851 e. The van der Waals surface area contributed by atoms with Crippen molar-refractivity contribution in [3.63, 3.8) is 0 Å². The van der Waals surface area contributed by atoms with Crippen LogP contribution in [-0.2, 0) is 0 Å². The highest BCUT2D eigenvalue weighted by atomic mass is 14.6. The molecule has 0 aliphatic heterocycles. The summed E-state index contributed by atoms with van der Waals surface area (Å²) >= 11 is 0. The lowest BCUT2D eigenvalue weighted by molar-refractivity contribution is 0.0335. The van der Waals surface area contributed by atoms with Crippen LogP contribution in [0.4, 0.5) is 0 Å². The number of rotatable bonds is 0. The van der Waals surface area contributed by atoms with Crippen LogP contribution in [0.5, 0.6) is 0 Å². The average Bonchev–Trinajstić information content (AvgIpc) is 2.05. The second-order valence-electron chi connectivity index (χ2n) is 4.71. The van der Waals surface area contributed by atoms with E-state index in [1.165, 1.54) is 19.3 Å². The lowest BCUT2D eigenvalue weighted by Crippen LogP contribution is -2.40. The number of hydrogen-bond donors (Lipinski definition) is 0. The molecule has 0 aromatic rings. The first-order valence-corrected chi connectivity index (χ1v) is 4.46. The van der Waals surface area contributed by atoms with Crippen LogP contribution in [0, 0.1) is 23.2 Å². The molecule has 3 unspecified atom stereocenters.